The average Bonchev–Trinajstić information content (AvgIpc) is 3.22. The molecular formula is C22H22FN3O5. The van der Waals surface area contributed by atoms with Crippen molar-refractivity contribution in [1.29, 1.82) is 0 Å². The van der Waals surface area contributed by atoms with Gasteiger partial charge in [-0.2, -0.15) is 0 Å². The summed E-state index contributed by atoms with van der Waals surface area (Å²) in [6, 6.07) is 12.6. The van der Waals surface area contributed by atoms with Crippen LogP contribution in [0.15, 0.2) is 59.1 Å². The lowest BCUT2D eigenvalue weighted by Gasteiger charge is -2.09. The summed E-state index contributed by atoms with van der Waals surface area (Å²) in [4.78, 5) is 28.1. The number of nitrogens with zero attached hydrogens (tertiary/aromatic N) is 1. The van der Waals surface area contributed by atoms with E-state index in [2.05, 4.69) is 15.6 Å². The Morgan fingerprint density at radius 3 is 2.55 bits per heavy atom. The molecule has 0 atom stereocenters. The predicted molar refractivity (Wildman–Crippen MR) is 112 cm³/mol. The van der Waals surface area contributed by atoms with Gasteiger partial charge in [0.25, 0.3) is 0 Å². The number of ether oxygens (including phenoxy) is 2. The third-order valence-electron chi connectivity index (χ3n) is 4.16. The second-order valence-corrected chi connectivity index (χ2v) is 6.51. The highest BCUT2D eigenvalue weighted by Gasteiger charge is 2.10. The van der Waals surface area contributed by atoms with Crippen molar-refractivity contribution in [2.24, 2.45) is 0 Å². The SMILES string of the molecule is COCCOC(=O)Nc1cccc(NC(=O)CCc2ncc(-c3ccc(F)cc3)o2)c1. The number of benzene rings is 2. The topological polar surface area (TPSA) is 103 Å². The summed E-state index contributed by atoms with van der Waals surface area (Å²) in [6.45, 7) is 0.446. The average molecular weight is 427 g/mol. The zero-order chi connectivity index (χ0) is 22.1. The largest absolute Gasteiger partial charge is 0.447 e. The number of anilines is 2. The van der Waals surface area contributed by atoms with Crippen molar-refractivity contribution >= 4 is 23.4 Å². The molecule has 3 aromatic rings. The zero-order valence-electron chi connectivity index (χ0n) is 16.9. The molecule has 9 heteroatoms. The number of oxazole rings is 1. The van der Waals surface area contributed by atoms with Crippen LogP contribution in [0.25, 0.3) is 11.3 Å². The molecule has 1 heterocycles. The van der Waals surface area contributed by atoms with Crippen LogP contribution < -0.4 is 10.6 Å². The van der Waals surface area contributed by atoms with Crippen LogP contribution in [0, 0.1) is 5.82 Å². The minimum Gasteiger partial charge on any atom is -0.447 e. The Hall–Kier alpha value is -3.72. The van der Waals surface area contributed by atoms with E-state index < -0.39 is 6.09 Å². The number of rotatable bonds is 9. The molecule has 0 saturated carbocycles. The second kappa shape index (κ2) is 10.9. The lowest BCUT2D eigenvalue weighted by atomic mass is 10.2. The van der Waals surface area contributed by atoms with E-state index >= 15 is 0 Å². The van der Waals surface area contributed by atoms with E-state index in [0.717, 1.165) is 0 Å². The van der Waals surface area contributed by atoms with Crippen LogP contribution in [0.2, 0.25) is 0 Å². The summed E-state index contributed by atoms with van der Waals surface area (Å²) in [7, 11) is 1.51. The van der Waals surface area contributed by atoms with E-state index in [4.69, 9.17) is 13.9 Å². The number of carbonyl (C=O) groups is 2. The highest BCUT2D eigenvalue weighted by molar-refractivity contribution is 5.92. The Morgan fingerprint density at radius 1 is 1.06 bits per heavy atom. The number of methoxy groups -OCH3 is 1. The number of hydrogen-bond acceptors (Lipinski definition) is 6. The van der Waals surface area contributed by atoms with Gasteiger partial charge >= 0.3 is 6.09 Å². The molecule has 0 aliphatic rings. The normalized spacial score (nSPS) is 10.5. The Balaban J connectivity index is 1.49. The van der Waals surface area contributed by atoms with Gasteiger partial charge in [0.2, 0.25) is 5.91 Å². The number of carbonyl (C=O) groups excluding carboxylic acids is 2. The highest BCUT2D eigenvalue weighted by Crippen LogP contribution is 2.21. The van der Waals surface area contributed by atoms with Gasteiger partial charge in [-0.1, -0.05) is 6.07 Å². The molecule has 162 valence electrons. The molecule has 0 radical (unpaired) electrons. The molecule has 0 fully saturated rings. The highest BCUT2D eigenvalue weighted by atomic mass is 19.1. The summed E-state index contributed by atoms with van der Waals surface area (Å²) in [5.74, 6) is 0.346. The smallest absolute Gasteiger partial charge is 0.411 e. The van der Waals surface area contributed by atoms with Gasteiger partial charge in [-0.05, 0) is 42.5 Å². The summed E-state index contributed by atoms with van der Waals surface area (Å²) >= 11 is 0. The van der Waals surface area contributed by atoms with Gasteiger partial charge in [-0.3, -0.25) is 10.1 Å². The molecule has 8 nitrogen and oxygen atoms in total. The molecule has 2 aromatic carbocycles. The van der Waals surface area contributed by atoms with Crippen molar-refractivity contribution in [3.8, 4) is 11.3 Å². The van der Waals surface area contributed by atoms with Crippen LogP contribution in [-0.4, -0.2) is 37.3 Å². The minimum absolute atomic E-state index is 0.141. The lowest BCUT2D eigenvalue weighted by Crippen LogP contribution is -2.17. The van der Waals surface area contributed by atoms with E-state index in [1.807, 2.05) is 0 Å². The number of aryl methyl sites for hydroxylation is 1. The van der Waals surface area contributed by atoms with E-state index in [-0.39, 0.29) is 24.8 Å². The van der Waals surface area contributed by atoms with Crippen LogP contribution in [-0.2, 0) is 20.7 Å². The summed E-state index contributed by atoms with van der Waals surface area (Å²) in [5, 5.41) is 5.34. The molecule has 0 saturated heterocycles. The fourth-order valence-electron chi connectivity index (χ4n) is 2.66. The molecule has 0 unspecified atom stereocenters. The minimum atomic E-state index is -0.610. The maximum atomic E-state index is 13.0. The van der Waals surface area contributed by atoms with Gasteiger partial charge in [0.1, 0.15) is 12.4 Å². The number of nitrogens with one attached hydrogen (secondary N) is 2. The Kier molecular flexibility index (Phi) is 7.72. The van der Waals surface area contributed by atoms with Gasteiger partial charge in [0.05, 0.1) is 12.8 Å². The van der Waals surface area contributed by atoms with Gasteiger partial charge in [0.15, 0.2) is 11.7 Å². The summed E-state index contributed by atoms with van der Waals surface area (Å²) in [5.41, 5.74) is 1.71. The molecule has 2 N–H and O–H groups in total. The Labute approximate surface area is 178 Å². The second-order valence-electron chi connectivity index (χ2n) is 6.51. The quantitative estimate of drug-likeness (QED) is 0.495. The zero-order valence-corrected chi connectivity index (χ0v) is 16.9. The molecule has 0 aliphatic carbocycles. The predicted octanol–water partition coefficient (Wildman–Crippen LogP) is 4.25. The van der Waals surface area contributed by atoms with Crippen LogP contribution in [0.4, 0.5) is 20.6 Å². The van der Waals surface area contributed by atoms with Gasteiger partial charge in [-0.25, -0.2) is 14.2 Å². The Morgan fingerprint density at radius 2 is 1.81 bits per heavy atom. The molecule has 1 aromatic heterocycles. The third-order valence-corrected chi connectivity index (χ3v) is 4.16. The van der Waals surface area contributed by atoms with Gasteiger partial charge in [-0.15, -0.1) is 0 Å². The van der Waals surface area contributed by atoms with Crippen LogP contribution in [0.1, 0.15) is 12.3 Å². The maximum absolute atomic E-state index is 13.0. The van der Waals surface area contributed by atoms with E-state index in [0.29, 0.717) is 41.6 Å². The van der Waals surface area contributed by atoms with Crippen molar-refractivity contribution in [2.75, 3.05) is 31.0 Å². The maximum Gasteiger partial charge on any atom is 0.411 e. The first-order valence-corrected chi connectivity index (χ1v) is 9.57. The first-order valence-electron chi connectivity index (χ1n) is 9.57. The number of halogens is 1. The van der Waals surface area contributed by atoms with Crippen molar-refractivity contribution in [3.63, 3.8) is 0 Å². The fraction of sp³-hybridized carbons (Fsp3) is 0.227. The van der Waals surface area contributed by atoms with Crippen LogP contribution in [0.5, 0.6) is 0 Å². The van der Waals surface area contributed by atoms with Crippen molar-refractivity contribution in [3.05, 3.63) is 66.4 Å². The van der Waals surface area contributed by atoms with E-state index in [9.17, 15) is 14.0 Å². The Bertz CT molecular complexity index is 1020. The molecule has 31 heavy (non-hydrogen) atoms. The molecular weight excluding hydrogens is 405 g/mol. The molecule has 0 spiro atoms. The fourth-order valence-corrected chi connectivity index (χ4v) is 2.66. The van der Waals surface area contributed by atoms with Gasteiger partial charge < -0.3 is 19.2 Å². The third kappa shape index (κ3) is 6.93. The monoisotopic (exact) mass is 427 g/mol. The van der Waals surface area contributed by atoms with E-state index in [1.165, 1.54) is 19.2 Å². The number of aromatic nitrogens is 1. The van der Waals surface area contributed by atoms with Crippen LogP contribution in [0.3, 0.4) is 0 Å². The standard InChI is InChI=1S/C22H22FN3O5/c1-29-11-12-30-22(28)26-18-4-2-3-17(13-18)25-20(27)9-10-21-24-14-19(31-21)15-5-7-16(23)8-6-15/h2-8,13-14H,9-12H2,1H3,(H,25,27)(H,26,28). The number of hydrogen-bond donors (Lipinski definition) is 2. The first-order chi connectivity index (χ1) is 15.0. The van der Waals surface area contributed by atoms with E-state index in [1.54, 1.807) is 42.6 Å². The van der Waals surface area contributed by atoms with Crippen molar-refractivity contribution in [2.45, 2.75) is 12.8 Å². The molecule has 2 amide bonds. The van der Waals surface area contributed by atoms with Crippen molar-refractivity contribution in [1.82, 2.24) is 4.98 Å². The molecule has 0 aliphatic heterocycles. The molecule has 3 rings (SSSR count). The summed E-state index contributed by atoms with van der Waals surface area (Å²) < 4.78 is 28.4. The number of amides is 2. The lowest BCUT2D eigenvalue weighted by molar-refractivity contribution is -0.116. The summed E-state index contributed by atoms with van der Waals surface area (Å²) in [6.07, 6.45) is 1.39. The van der Waals surface area contributed by atoms with Crippen LogP contribution >= 0.6 is 0 Å². The molecule has 0 bridgehead atoms. The van der Waals surface area contributed by atoms with Crippen molar-refractivity contribution < 1.29 is 27.9 Å². The first kappa shape index (κ1) is 22.0. The van der Waals surface area contributed by atoms with Gasteiger partial charge in [0, 0.05) is 36.9 Å².